The van der Waals surface area contributed by atoms with Crippen molar-refractivity contribution in [3.8, 4) is 0 Å². The Morgan fingerprint density at radius 2 is 1.78 bits per heavy atom. The van der Waals surface area contributed by atoms with E-state index in [2.05, 4.69) is 15.7 Å². The van der Waals surface area contributed by atoms with Crippen LogP contribution in [0.5, 0.6) is 0 Å². The normalized spacial score (nSPS) is 10.7. The number of fused-ring (bicyclic) bond motifs is 1. The molecule has 2 amide bonds. The fourth-order valence-corrected chi connectivity index (χ4v) is 3.01. The van der Waals surface area contributed by atoms with E-state index < -0.39 is 0 Å². The zero-order valence-corrected chi connectivity index (χ0v) is 15.7. The van der Waals surface area contributed by atoms with Gasteiger partial charge >= 0.3 is 0 Å². The van der Waals surface area contributed by atoms with Gasteiger partial charge in [-0.15, -0.1) is 0 Å². The first-order chi connectivity index (χ1) is 13.0. The maximum absolute atomic E-state index is 12.2. The standard InChI is InChI=1S/C21H24N4O2/c1-15-12-16(2)25(24-15)11-5-10-22-20(26)14-23-21(27)19-9-8-17-6-3-4-7-18(17)13-19/h3-4,6-9,12-13H,5,10-11,14H2,1-2H3,(H,22,26)(H,23,27). The van der Waals surface area contributed by atoms with E-state index in [0.29, 0.717) is 12.1 Å². The molecule has 2 aromatic carbocycles. The third kappa shape index (κ3) is 4.94. The molecule has 2 N–H and O–H groups in total. The van der Waals surface area contributed by atoms with E-state index >= 15 is 0 Å². The van der Waals surface area contributed by atoms with Gasteiger partial charge in [0.2, 0.25) is 5.91 Å². The summed E-state index contributed by atoms with van der Waals surface area (Å²) in [6.45, 7) is 5.24. The molecule has 3 aromatic rings. The Balaban J connectivity index is 1.41. The molecule has 0 aliphatic heterocycles. The van der Waals surface area contributed by atoms with Gasteiger partial charge in [-0.2, -0.15) is 5.10 Å². The molecule has 0 unspecified atom stereocenters. The van der Waals surface area contributed by atoms with Crippen molar-refractivity contribution in [2.75, 3.05) is 13.1 Å². The van der Waals surface area contributed by atoms with Crippen molar-refractivity contribution in [2.24, 2.45) is 0 Å². The highest BCUT2D eigenvalue weighted by molar-refractivity contribution is 5.99. The number of nitrogens with zero attached hydrogens (tertiary/aromatic N) is 2. The number of rotatable bonds is 7. The van der Waals surface area contributed by atoms with Crippen LogP contribution in [0.25, 0.3) is 10.8 Å². The number of hydrogen-bond acceptors (Lipinski definition) is 3. The van der Waals surface area contributed by atoms with Crippen LogP contribution in [-0.4, -0.2) is 34.7 Å². The molecule has 1 heterocycles. The number of carbonyl (C=O) groups excluding carboxylic acids is 2. The minimum atomic E-state index is -0.251. The second-order valence-electron chi connectivity index (χ2n) is 6.60. The third-order valence-corrected chi connectivity index (χ3v) is 4.39. The van der Waals surface area contributed by atoms with Gasteiger partial charge in [-0.3, -0.25) is 14.3 Å². The summed E-state index contributed by atoms with van der Waals surface area (Å²) in [5, 5.41) is 12.0. The van der Waals surface area contributed by atoms with Gasteiger partial charge in [-0.1, -0.05) is 30.3 Å². The first-order valence-electron chi connectivity index (χ1n) is 9.08. The van der Waals surface area contributed by atoms with Crippen molar-refractivity contribution in [1.82, 2.24) is 20.4 Å². The summed E-state index contributed by atoms with van der Waals surface area (Å²) in [5.41, 5.74) is 2.65. The highest BCUT2D eigenvalue weighted by atomic mass is 16.2. The smallest absolute Gasteiger partial charge is 0.251 e. The third-order valence-electron chi connectivity index (χ3n) is 4.39. The number of hydrogen-bond donors (Lipinski definition) is 2. The summed E-state index contributed by atoms with van der Waals surface area (Å²) in [6.07, 6.45) is 0.784. The van der Waals surface area contributed by atoms with Crippen LogP contribution in [0.4, 0.5) is 0 Å². The molecule has 1 aromatic heterocycles. The van der Waals surface area contributed by atoms with Gasteiger partial charge < -0.3 is 10.6 Å². The molecule has 0 aliphatic carbocycles. The maximum Gasteiger partial charge on any atom is 0.251 e. The molecule has 0 spiro atoms. The fourth-order valence-electron chi connectivity index (χ4n) is 3.01. The average Bonchev–Trinajstić information content (AvgIpc) is 3.00. The van der Waals surface area contributed by atoms with E-state index in [1.54, 1.807) is 6.07 Å². The van der Waals surface area contributed by atoms with E-state index in [1.807, 2.05) is 61.0 Å². The number of aryl methyl sites for hydroxylation is 3. The summed E-state index contributed by atoms with van der Waals surface area (Å²) < 4.78 is 1.93. The van der Waals surface area contributed by atoms with E-state index in [9.17, 15) is 9.59 Å². The lowest BCUT2D eigenvalue weighted by Gasteiger charge is -2.08. The average molecular weight is 364 g/mol. The molecule has 0 atom stereocenters. The van der Waals surface area contributed by atoms with Gasteiger partial charge in [0.05, 0.1) is 12.2 Å². The molecule has 140 valence electrons. The Labute approximate surface area is 158 Å². The molecular formula is C21H24N4O2. The maximum atomic E-state index is 12.2. The topological polar surface area (TPSA) is 76.0 Å². The van der Waals surface area contributed by atoms with Crippen molar-refractivity contribution in [1.29, 1.82) is 0 Å². The minimum absolute atomic E-state index is 0.0361. The lowest BCUT2D eigenvalue weighted by molar-refractivity contribution is -0.120. The number of carbonyl (C=O) groups is 2. The molecule has 0 aliphatic rings. The quantitative estimate of drug-likeness (QED) is 0.633. The van der Waals surface area contributed by atoms with Gasteiger partial charge in [0.25, 0.3) is 5.91 Å². The highest BCUT2D eigenvalue weighted by Gasteiger charge is 2.08. The van der Waals surface area contributed by atoms with Crippen molar-refractivity contribution in [3.05, 3.63) is 65.5 Å². The van der Waals surface area contributed by atoms with Crippen LogP contribution in [0, 0.1) is 13.8 Å². The Kier molecular flexibility index (Phi) is 5.86. The van der Waals surface area contributed by atoms with Gasteiger partial charge in [0.1, 0.15) is 0 Å². The van der Waals surface area contributed by atoms with Crippen molar-refractivity contribution < 1.29 is 9.59 Å². The molecule has 0 saturated heterocycles. The predicted molar refractivity (Wildman–Crippen MR) is 106 cm³/mol. The zero-order valence-electron chi connectivity index (χ0n) is 15.7. The van der Waals surface area contributed by atoms with Gasteiger partial charge in [-0.05, 0) is 49.2 Å². The summed E-state index contributed by atoms with van der Waals surface area (Å²) in [4.78, 5) is 24.2. The second-order valence-corrected chi connectivity index (χ2v) is 6.60. The number of nitrogens with one attached hydrogen (secondary N) is 2. The van der Waals surface area contributed by atoms with Crippen LogP contribution >= 0.6 is 0 Å². The molecule has 27 heavy (non-hydrogen) atoms. The molecular weight excluding hydrogens is 340 g/mol. The Morgan fingerprint density at radius 3 is 2.52 bits per heavy atom. The summed E-state index contributed by atoms with van der Waals surface area (Å²) in [7, 11) is 0. The van der Waals surface area contributed by atoms with Gasteiger partial charge in [-0.25, -0.2) is 0 Å². The van der Waals surface area contributed by atoms with Crippen molar-refractivity contribution in [2.45, 2.75) is 26.8 Å². The SMILES string of the molecule is Cc1cc(C)n(CCCNC(=O)CNC(=O)c2ccc3ccccc3c2)n1. The van der Waals surface area contributed by atoms with Crippen molar-refractivity contribution >= 4 is 22.6 Å². The van der Waals surface area contributed by atoms with E-state index in [4.69, 9.17) is 0 Å². The first-order valence-corrected chi connectivity index (χ1v) is 9.08. The zero-order chi connectivity index (χ0) is 19.2. The largest absolute Gasteiger partial charge is 0.355 e. The van der Waals surface area contributed by atoms with Crippen LogP contribution in [0.15, 0.2) is 48.5 Å². The summed E-state index contributed by atoms with van der Waals surface area (Å²) in [6, 6.07) is 15.4. The molecule has 6 heteroatoms. The second kappa shape index (κ2) is 8.49. The van der Waals surface area contributed by atoms with Crippen LogP contribution in [0.3, 0.4) is 0 Å². The molecule has 3 rings (SSSR count). The predicted octanol–water partition coefficient (Wildman–Crippen LogP) is 2.59. The van der Waals surface area contributed by atoms with Gasteiger partial charge in [0.15, 0.2) is 0 Å². The van der Waals surface area contributed by atoms with Crippen molar-refractivity contribution in [3.63, 3.8) is 0 Å². The van der Waals surface area contributed by atoms with Crippen LogP contribution in [0.2, 0.25) is 0 Å². The number of amides is 2. The summed E-state index contributed by atoms with van der Waals surface area (Å²) >= 11 is 0. The Morgan fingerprint density at radius 1 is 1.00 bits per heavy atom. The Bertz CT molecular complexity index is 962. The molecule has 0 radical (unpaired) electrons. The number of benzene rings is 2. The van der Waals surface area contributed by atoms with Crippen LogP contribution in [-0.2, 0) is 11.3 Å². The molecule has 6 nitrogen and oxygen atoms in total. The molecule has 0 bridgehead atoms. The van der Waals surface area contributed by atoms with Crippen LogP contribution in [0.1, 0.15) is 28.2 Å². The highest BCUT2D eigenvalue weighted by Crippen LogP contribution is 2.15. The lowest BCUT2D eigenvalue weighted by atomic mass is 10.1. The van der Waals surface area contributed by atoms with E-state index in [1.165, 1.54) is 0 Å². The molecule has 0 saturated carbocycles. The van der Waals surface area contributed by atoms with E-state index in [-0.39, 0.29) is 18.4 Å². The first kappa shape index (κ1) is 18.6. The Hall–Kier alpha value is -3.15. The lowest BCUT2D eigenvalue weighted by Crippen LogP contribution is -2.37. The summed E-state index contributed by atoms with van der Waals surface area (Å²) in [5.74, 6) is -0.448. The van der Waals surface area contributed by atoms with Crippen LogP contribution < -0.4 is 10.6 Å². The molecule has 0 fully saturated rings. The monoisotopic (exact) mass is 364 g/mol. The number of aromatic nitrogens is 2. The van der Waals surface area contributed by atoms with E-state index in [0.717, 1.165) is 35.1 Å². The van der Waals surface area contributed by atoms with Gasteiger partial charge in [0, 0.05) is 24.3 Å². The minimum Gasteiger partial charge on any atom is -0.355 e. The fraction of sp³-hybridized carbons (Fsp3) is 0.286.